The van der Waals surface area contributed by atoms with Crippen molar-refractivity contribution in [2.75, 3.05) is 11.9 Å². The third-order valence-electron chi connectivity index (χ3n) is 3.97. The summed E-state index contributed by atoms with van der Waals surface area (Å²) >= 11 is 0. The van der Waals surface area contributed by atoms with E-state index in [0.717, 1.165) is 22.9 Å². The minimum absolute atomic E-state index is 0.254. The Labute approximate surface area is 150 Å². The molecule has 4 aromatic rings. The van der Waals surface area contributed by atoms with Crippen LogP contribution in [-0.2, 0) is 6.42 Å². The highest BCUT2D eigenvalue weighted by atomic mass is 16.5. The van der Waals surface area contributed by atoms with Gasteiger partial charge in [-0.3, -0.25) is 0 Å². The highest BCUT2D eigenvalue weighted by Gasteiger charge is 2.11. The Bertz CT molecular complexity index is 1010. The lowest BCUT2D eigenvalue weighted by Crippen LogP contribution is -2.10. The molecule has 0 saturated heterocycles. The van der Waals surface area contributed by atoms with E-state index in [0.29, 0.717) is 24.6 Å². The minimum Gasteiger partial charge on any atom is -0.369 e. The lowest BCUT2D eigenvalue weighted by atomic mass is 10.1. The van der Waals surface area contributed by atoms with Crippen molar-refractivity contribution in [3.63, 3.8) is 0 Å². The molecule has 8 nitrogen and oxygen atoms in total. The summed E-state index contributed by atoms with van der Waals surface area (Å²) in [5.74, 6) is 2.97. The molecule has 1 aromatic carbocycles. The fourth-order valence-corrected chi connectivity index (χ4v) is 2.60. The first-order chi connectivity index (χ1) is 12.7. The van der Waals surface area contributed by atoms with Crippen LogP contribution in [0.1, 0.15) is 31.5 Å². The van der Waals surface area contributed by atoms with Gasteiger partial charge in [-0.2, -0.15) is 19.6 Å². The van der Waals surface area contributed by atoms with Gasteiger partial charge in [0.1, 0.15) is 12.1 Å². The fraction of sp³-hybridized carbons (Fsp3) is 0.278. The van der Waals surface area contributed by atoms with Crippen molar-refractivity contribution >= 4 is 11.6 Å². The number of benzene rings is 1. The van der Waals surface area contributed by atoms with Gasteiger partial charge in [-0.1, -0.05) is 49.3 Å². The van der Waals surface area contributed by atoms with Gasteiger partial charge in [-0.25, -0.2) is 4.98 Å². The second kappa shape index (κ2) is 6.91. The summed E-state index contributed by atoms with van der Waals surface area (Å²) < 4.78 is 6.96. The third kappa shape index (κ3) is 3.26. The Morgan fingerprint density at radius 2 is 2.00 bits per heavy atom. The van der Waals surface area contributed by atoms with E-state index in [-0.39, 0.29) is 5.92 Å². The Morgan fingerprint density at radius 1 is 1.15 bits per heavy atom. The molecule has 4 rings (SSSR count). The van der Waals surface area contributed by atoms with Gasteiger partial charge in [0.05, 0.1) is 5.69 Å². The normalized spacial score (nSPS) is 11.3. The van der Waals surface area contributed by atoms with Crippen LogP contribution >= 0.6 is 0 Å². The summed E-state index contributed by atoms with van der Waals surface area (Å²) in [6.07, 6.45) is 2.12. The molecule has 3 aromatic heterocycles. The molecule has 26 heavy (non-hydrogen) atoms. The molecule has 0 bridgehead atoms. The molecule has 0 radical (unpaired) electrons. The van der Waals surface area contributed by atoms with Crippen LogP contribution in [0, 0.1) is 0 Å². The number of nitrogens with zero attached hydrogens (tertiary/aromatic N) is 6. The molecule has 132 valence electrons. The van der Waals surface area contributed by atoms with Crippen LogP contribution in [0.3, 0.4) is 0 Å². The zero-order valence-corrected chi connectivity index (χ0v) is 14.6. The average Bonchev–Trinajstić information content (AvgIpc) is 3.31. The molecule has 0 aliphatic heterocycles. The molecule has 0 aliphatic carbocycles. The molecule has 0 unspecified atom stereocenters. The molecule has 0 spiro atoms. The highest BCUT2D eigenvalue weighted by molar-refractivity contribution is 5.65. The van der Waals surface area contributed by atoms with E-state index < -0.39 is 0 Å². The van der Waals surface area contributed by atoms with Crippen molar-refractivity contribution in [1.29, 1.82) is 0 Å². The second-order valence-corrected chi connectivity index (χ2v) is 6.24. The van der Waals surface area contributed by atoms with E-state index in [4.69, 9.17) is 4.52 Å². The maximum atomic E-state index is 5.28. The predicted octanol–water partition coefficient (Wildman–Crippen LogP) is 2.95. The summed E-state index contributed by atoms with van der Waals surface area (Å²) in [4.78, 5) is 13.2. The van der Waals surface area contributed by atoms with Crippen LogP contribution in [0.15, 0.2) is 47.2 Å². The van der Waals surface area contributed by atoms with Gasteiger partial charge in [0.15, 0.2) is 5.82 Å². The molecular weight excluding hydrogens is 330 g/mol. The SMILES string of the molecule is CC(C)c1noc(CCNc2cc(-c3ccccc3)nc3ncnn23)n1. The van der Waals surface area contributed by atoms with Crippen LogP contribution < -0.4 is 5.32 Å². The second-order valence-electron chi connectivity index (χ2n) is 6.24. The first kappa shape index (κ1) is 16.2. The summed E-state index contributed by atoms with van der Waals surface area (Å²) in [5, 5.41) is 11.6. The Balaban J connectivity index is 1.54. The number of hydrogen-bond donors (Lipinski definition) is 1. The van der Waals surface area contributed by atoms with E-state index in [2.05, 4.69) is 30.5 Å². The smallest absolute Gasteiger partial charge is 0.254 e. The quantitative estimate of drug-likeness (QED) is 0.572. The molecule has 0 aliphatic rings. The Morgan fingerprint density at radius 3 is 2.77 bits per heavy atom. The molecule has 0 saturated carbocycles. The molecule has 0 amide bonds. The number of anilines is 1. The molecule has 3 heterocycles. The van der Waals surface area contributed by atoms with Gasteiger partial charge in [0, 0.05) is 30.5 Å². The van der Waals surface area contributed by atoms with E-state index in [9.17, 15) is 0 Å². The number of aromatic nitrogens is 6. The van der Waals surface area contributed by atoms with Crippen LogP contribution in [0.4, 0.5) is 5.82 Å². The van der Waals surface area contributed by atoms with E-state index in [1.165, 1.54) is 6.33 Å². The monoisotopic (exact) mass is 349 g/mol. The maximum Gasteiger partial charge on any atom is 0.254 e. The van der Waals surface area contributed by atoms with Crippen molar-refractivity contribution in [2.45, 2.75) is 26.2 Å². The Kier molecular flexibility index (Phi) is 4.30. The van der Waals surface area contributed by atoms with Crippen LogP contribution in [0.2, 0.25) is 0 Å². The number of nitrogens with one attached hydrogen (secondary N) is 1. The topological polar surface area (TPSA) is 94.0 Å². The van der Waals surface area contributed by atoms with Crippen LogP contribution in [0.25, 0.3) is 17.0 Å². The van der Waals surface area contributed by atoms with Crippen LogP contribution in [0.5, 0.6) is 0 Å². The molecule has 8 heteroatoms. The fourth-order valence-electron chi connectivity index (χ4n) is 2.60. The van der Waals surface area contributed by atoms with Crippen molar-refractivity contribution in [2.24, 2.45) is 0 Å². The number of hydrogen-bond acceptors (Lipinski definition) is 7. The van der Waals surface area contributed by atoms with Gasteiger partial charge >= 0.3 is 0 Å². The van der Waals surface area contributed by atoms with E-state index in [1.807, 2.05) is 50.2 Å². The van der Waals surface area contributed by atoms with Gasteiger partial charge in [0.25, 0.3) is 5.78 Å². The summed E-state index contributed by atoms with van der Waals surface area (Å²) in [7, 11) is 0. The van der Waals surface area contributed by atoms with E-state index in [1.54, 1.807) is 4.52 Å². The molecular formula is C18H19N7O. The number of rotatable bonds is 6. The van der Waals surface area contributed by atoms with Crippen LogP contribution in [-0.4, -0.2) is 36.3 Å². The zero-order chi connectivity index (χ0) is 17.9. The molecule has 1 N–H and O–H groups in total. The maximum absolute atomic E-state index is 5.28. The van der Waals surface area contributed by atoms with E-state index >= 15 is 0 Å². The van der Waals surface area contributed by atoms with Crippen molar-refractivity contribution in [1.82, 2.24) is 29.7 Å². The van der Waals surface area contributed by atoms with Gasteiger partial charge < -0.3 is 9.84 Å². The summed E-state index contributed by atoms with van der Waals surface area (Å²) in [5.41, 5.74) is 1.87. The zero-order valence-electron chi connectivity index (χ0n) is 14.6. The first-order valence-corrected chi connectivity index (χ1v) is 8.53. The lowest BCUT2D eigenvalue weighted by molar-refractivity contribution is 0.373. The number of fused-ring (bicyclic) bond motifs is 1. The van der Waals surface area contributed by atoms with Gasteiger partial charge in [0.2, 0.25) is 5.89 Å². The largest absolute Gasteiger partial charge is 0.369 e. The van der Waals surface area contributed by atoms with Gasteiger partial charge in [-0.15, -0.1) is 0 Å². The molecule has 0 atom stereocenters. The summed E-state index contributed by atoms with van der Waals surface area (Å²) in [6.45, 7) is 4.71. The van der Waals surface area contributed by atoms with Crippen molar-refractivity contribution in [3.8, 4) is 11.3 Å². The predicted molar refractivity (Wildman–Crippen MR) is 96.8 cm³/mol. The van der Waals surface area contributed by atoms with Crippen molar-refractivity contribution in [3.05, 3.63) is 54.4 Å². The standard InChI is InChI=1S/C18H19N7O/c1-12(2)17-23-16(26-24-17)8-9-19-15-10-14(13-6-4-3-5-7-13)22-18-20-11-21-25(15)18/h3-7,10-12,19H,8-9H2,1-2H3. The highest BCUT2D eigenvalue weighted by Crippen LogP contribution is 2.21. The first-order valence-electron chi connectivity index (χ1n) is 8.53. The van der Waals surface area contributed by atoms with Crippen molar-refractivity contribution < 1.29 is 4.52 Å². The molecule has 0 fully saturated rings. The minimum atomic E-state index is 0.254. The summed E-state index contributed by atoms with van der Waals surface area (Å²) in [6, 6.07) is 12.0. The lowest BCUT2D eigenvalue weighted by Gasteiger charge is -2.09. The average molecular weight is 349 g/mol. The van der Waals surface area contributed by atoms with Gasteiger partial charge in [-0.05, 0) is 0 Å². The third-order valence-corrected chi connectivity index (χ3v) is 3.97. The Hall–Kier alpha value is -3.29.